The Morgan fingerprint density at radius 1 is 0.826 bits per heavy atom. The van der Waals surface area contributed by atoms with Crippen LogP contribution in [0, 0.1) is 0 Å². The quantitative estimate of drug-likeness (QED) is 0.741. The van der Waals surface area contributed by atoms with Gasteiger partial charge in [0.25, 0.3) is 0 Å². The Labute approximate surface area is 149 Å². The molecule has 2 aromatic carbocycles. The second kappa shape index (κ2) is 9.36. The van der Waals surface area contributed by atoms with Crippen LogP contribution >= 0.6 is 24.8 Å². The van der Waals surface area contributed by atoms with Crippen LogP contribution in [0.15, 0.2) is 66.9 Å². The number of nitrogens with two attached hydrogens (primary N) is 1. The van der Waals surface area contributed by atoms with Crippen LogP contribution in [0.2, 0.25) is 0 Å². The van der Waals surface area contributed by atoms with Crippen LogP contribution in [0.4, 0.5) is 0 Å². The van der Waals surface area contributed by atoms with Crippen molar-refractivity contribution in [3.63, 3.8) is 0 Å². The van der Waals surface area contributed by atoms with Crippen molar-refractivity contribution in [2.75, 3.05) is 6.54 Å². The topological polar surface area (TPSA) is 43.8 Å². The summed E-state index contributed by atoms with van der Waals surface area (Å²) in [5.74, 6) is 0. The molecule has 1 heterocycles. The molecule has 0 fully saturated rings. The first-order valence-corrected chi connectivity index (χ1v) is 7.27. The Balaban J connectivity index is 0.00000132. The number of benzene rings is 2. The number of aromatic nitrogens is 2. The van der Waals surface area contributed by atoms with Gasteiger partial charge < -0.3 is 5.73 Å². The summed E-state index contributed by atoms with van der Waals surface area (Å²) in [6, 6.07) is 20.7. The fourth-order valence-corrected chi connectivity index (χ4v) is 2.43. The summed E-state index contributed by atoms with van der Waals surface area (Å²) >= 11 is 0. The summed E-state index contributed by atoms with van der Waals surface area (Å²) in [7, 11) is 0. The molecule has 3 rings (SSSR count). The average Bonchev–Trinajstić information content (AvgIpc) is 2.99. The number of nitrogens with zero attached hydrogens (tertiary/aromatic N) is 2. The Hall–Kier alpha value is -1.81. The normalized spacial score (nSPS) is 9.78. The van der Waals surface area contributed by atoms with Gasteiger partial charge in [0.05, 0.1) is 0 Å². The van der Waals surface area contributed by atoms with Crippen molar-refractivity contribution in [2.45, 2.75) is 13.0 Å². The van der Waals surface area contributed by atoms with Gasteiger partial charge in [0.2, 0.25) is 0 Å². The standard InChI is InChI=1S/C18H19N3.2ClH/c19-12-7-13-21-14-17(15-8-3-1-4-9-15)18(20-21)16-10-5-2-6-11-16;;/h1-6,8-11,14H,7,12-13,19H2;2*1H. The molecule has 0 saturated heterocycles. The lowest BCUT2D eigenvalue weighted by Gasteiger charge is -2.02. The van der Waals surface area contributed by atoms with Crippen molar-refractivity contribution >= 4 is 24.8 Å². The van der Waals surface area contributed by atoms with E-state index in [4.69, 9.17) is 10.8 Å². The molecule has 0 aliphatic carbocycles. The monoisotopic (exact) mass is 349 g/mol. The number of hydrogen-bond acceptors (Lipinski definition) is 2. The SMILES string of the molecule is Cl.Cl.NCCCn1cc(-c2ccccc2)c(-c2ccccc2)n1. The van der Waals surface area contributed by atoms with Crippen molar-refractivity contribution in [2.24, 2.45) is 5.73 Å². The molecule has 3 aromatic rings. The van der Waals surface area contributed by atoms with E-state index in [0.717, 1.165) is 24.2 Å². The summed E-state index contributed by atoms with van der Waals surface area (Å²) in [5.41, 5.74) is 10.1. The highest BCUT2D eigenvalue weighted by atomic mass is 35.5. The summed E-state index contributed by atoms with van der Waals surface area (Å²) in [5, 5.41) is 4.76. The highest BCUT2D eigenvalue weighted by Gasteiger charge is 2.12. The molecule has 0 amide bonds. The molecule has 122 valence electrons. The smallest absolute Gasteiger partial charge is 0.100 e. The predicted molar refractivity (Wildman–Crippen MR) is 101 cm³/mol. The van der Waals surface area contributed by atoms with Gasteiger partial charge in [0, 0.05) is 23.9 Å². The third-order valence-corrected chi connectivity index (χ3v) is 3.49. The van der Waals surface area contributed by atoms with Crippen LogP contribution < -0.4 is 5.73 Å². The molecule has 23 heavy (non-hydrogen) atoms. The minimum Gasteiger partial charge on any atom is -0.330 e. The molecule has 0 saturated carbocycles. The van der Waals surface area contributed by atoms with E-state index in [9.17, 15) is 0 Å². The first kappa shape index (κ1) is 19.2. The second-order valence-electron chi connectivity index (χ2n) is 5.03. The molecule has 5 heteroatoms. The van der Waals surface area contributed by atoms with Crippen molar-refractivity contribution in [3.8, 4) is 22.4 Å². The van der Waals surface area contributed by atoms with E-state index in [1.165, 1.54) is 11.1 Å². The van der Waals surface area contributed by atoms with Gasteiger partial charge in [-0.3, -0.25) is 4.68 Å². The molecule has 0 aliphatic heterocycles. The van der Waals surface area contributed by atoms with E-state index in [1.807, 2.05) is 28.9 Å². The van der Waals surface area contributed by atoms with E-state index in [2.05, 4.69) is 42.6 Å². The fourth-order valence-electron chi connectivity index (χ4n) is 2.43. The van der Waals surface area contributed by atoms with Crippen LogP contribution in [0.25, 0.3) is 22.4 Å². The largest absolute Gasteiger partial charge is 0.330 e. The van der Waals surface area contributed by atoms with Crippen LogP contribution in [0.3, 0.4) is 0 Å². The molecular weight excluding hydrogens is 329 g/mol. The van der Waals surface area contributed by atoms with E-state index < -0.39 is 0 Å². The lowest BCUT2D eigenvalue weighted by molar-refractivity contribution is 0.586. The van der Waals surface area contributed by atoms with Gasteiger partial charge in [-0.2, -0.15) is 5.10 Å². The molecule has 0 spiro atoms. The number of halogens is 2. The maximum Gasteiger partial charge on any atom is 0.100 e. The maximum absolute atomic E-state index is 5.60. The number of hydrogen-bond donors (Lipinski definition) is 1. The van der Waals surface area contributed by atoms with Crippen molar-refractivity contribution in [1.82, 2.24) is 9.78 Å². The highest BCUT2D eigenvalue weighted by Crippen LogP contribution is 2.30. The fraction of sp³-hybridized carbons (Fsp3) is 0.167. The van der Waals surface area contributed by atoms with E-state index in [-0.39, 0.29) is 24.8 Å². The molecule has 0 aliphatic rings. The number of rotatable bonds is 5. The van der Waals surface area contributed by atoms with Crippen molar-refractivity contribution < 1.29 is 0 Å². The zero-order valence-corrected chi connectivity index (χ0v) is 14.4. The van der Waals surface area contributed by atoms with Crippen LogP contribution in [-0.4, -0.2) is 16.3 Å². The molecule has 0 bridgehead atoms. The summed E-state index contributed by atoms with van der Waals surface area (Å²) in [4.78, 5) is 0. The second-order valence-corrected chi connectivity index (χ2v) is 5.03. The summed E-state index contributed by atoms with van der Waals surface area (Å²) < 4.78 is 2.00. The van der Waals surface area contributed by atoms with Gasteiger partial charge in [-0.15, -0.1) is 24.8 Å². The minimum absolute atomic E-state index is 0. The van der Waals surface area contributed by atoms with Crippen LogP contribution in [-0.2, 0) is 6.54 Å². The zero-order valence-electron chi connectivity index (χ0n) is 12.8. The van der Waals surface area contributed by atoms with Gasteiger partial charge >= 0.3 is 0 Å². The van der Waals surface area contributed by atoms with Gasteiger partial charge in [0.1, 0.15) is 5.69 Å². The maximum atomic E-state index is 5.60. The molecule has 0 unspecified atom stereocenters. The molecule has 0 atom stereocenters. The van der Waals surface area contributed by atoms with E-state index >= 15 is 0 Å². The van der Waals surface area contributed by atoms with Crippen LogP contribution in [0.1, 0.15) is 6.42 Å². The molecule has 0 radical (unpaired) electrons. The minimum atomic E-state index is 0. The van der Waals surface area contributed by atoms with Crippen LogP contribution in [0.5, 0.6) is 0 Å². The van der Waals surface area contributed by atoms with Gasteiger partial charge in [-0.25, -0.2) is 0 Å². The Bertz CT molecular complexity index is 640. The Morgan fingerprint density at radius 3 is 1.96 bits per heavy atom. The van der Waals surface area contributed by atoms with Gasteiger partial charge in [0.15, 0.2) is 0 Å². The molecule has 3 nitrogen and oxygen atoms in total. The average molecular weight is 350 g/mol. The zero-order chi connectivity index (χ0) is 14.5. The highest BCUT2D eigenvalue weighted by molar-refractivity contribution is 5.85. The van der Waals surface area contributed by atoms with Gasteiger partial charge in [-0.1, -0.05) is 60.7 Å². The predicted octanol–water partition coefficient (Wildman–Crippen LogP) is 4.41. The number of aryl methyl sites for hydroxylation is 1. The first-order chi connectivity index (χ1) is 10.4. The Kier molecular flexibility index (Phi) is 7.83. The third-order valence-electron chi connectivity index (χ3n) is 3.49. The summed E-state index contributed by atoms with van der Waals surface area (Å²) in [6.45, 7) is 1.53. The third kappa shape index (κ3) is 4.58. The molecule has 2 N–H and O–H groups in total. The lowest BCUT2D eigenvalue weighted by Crippen LogP contribution is -2.06. The first-order valence-electron chi connectivity index (χ1n) is 7.27. The van der Waals surface area contributed by atoms with Crippen molar-refractivity contribution in [1.29, 1.82) is 0 Å². The van der Waals surface area contributed by atoms with Gasteiger partial charge in [-0.05, 0) is 18.5 Å². The molecular formula is C18H21Cl2N3. The molecule has 1 aromatic heterocycles. The Morgan fingerprint density at radius 2 is 1.39 bits per heavy atom. The van der Waals surface area contributed by atoms with E-state index in [0.29, 0.717) is 6.54 Å². The lowest BCUT2D eigenvalue weighted by atomic mass is 10.0. The van der Waals surface area contributed by atoms with E-state index in [1.54, 1.807) is 0 Å². The summed E-state index contributed by atoms with van der Waals surface area (Å²) in [6.07, 6.45) is 3.05. The van der Waals surface area contributed by atoms with Crippen molar-refractivity contribution in [3.05, 3.63) is 66.9 Å².